The van der Waals surface area contributed by atoms with E-state index in [4.69, 9.17) is 16.3 Å². The third-order valence-electron chi connectivity index (χ3n) is 3.22. The fourth-order valence-electron chi connectivity index (χ4n) is 2.19. The molecule has 0 aliphatic carbocycles. The van der Waals surface area contributed by atoms with E-state index in [0.717, 1.165) is 16.5 Å². The number of fused-ring (bicyclic) bond motifs is 1. The SMILES string of the molecule is O=[N+]([O-])c1cc(Cl)ccc1OCc1cccc2cccnc12. The third kappa shape index (κ3) is 2.84. The molecule has 1 aromatic heterocycles. The Morgan fingerprint density at radius 3 is 2.82 bits per heavy atom. The maximum atomic E-state index is 11.1. The van der Waals surface area contributed by atoms with E-state index in [2.05, 4.69) is 4.98 Å². The van der Waals surface area contributed by atoms with Crippen molar-refractivity contribution in [2.75, 3.05) is 0 Å². The van der Waals surface area contributed by atoms with Crippen LogP contribution in [-0.4, -0.2) is 9.91 Å². The van der Waals surface area contributed by atoms with Crippen LogP contribution in [0.15, 0.2) is 54.7 Å². The van der Waals surface area contributed by atoms with Crippen LogP contribution in [0.2, 0.25) is 5.02 Å². The number of benzene rings is 2. The van der Waals surface area contributed by atoms with Gasteiger partial charge < -0.3 is 4.74 Å². The number of para-hydroxylation sites is 1. The highest BCUT2D eigenvalue weighted by atomic mass is 35.5. The van der Waals surface area contributed by atoms with Crippen molar-refractivity contribution in [3.8, 4) is 5.75 Å². The van der Waals surface area contributed by atoms with Crippen molar-refractivity contribution in [3.05, 3.63) is 75.4 Å². The standard InChI is InChI=1S/C16H11ClN2O3/c17-13-6-7-15(14(9-13)19(20)21)22-10-12-4-1-3-11-5-2-8-18-16(11)12/h1-9H,10H2. The van der Waals surface area contributed by atoms with Crippen LogP contribution in [0.3, 0.4) is 0 Å². The molecule has 5 nitrogen and oxygen atoms in total. The first-order valence-corrected chi connectivity index (χ1v) is 6.92. The largest absolute Gasteiger partial charge is 0.482 e. The fourth-order valence-corrected chi connectivity index (χ4v) is 2.36. The number of aromatic nitrogens is 1. The summed E-state index contributed by atoms with van der Waals surface area (Å²) in [4.78, 5) is 14.9. The van der Waals surface area contributed by atoms with E-state index >= 15 is 0 Å². The molecule has 1 heterocycles. The lowest BCUT2D eigenvalue weighted by Crippen LogP contribution is -2.00. The summed E-state index contributed by atoms with van der Waals surface area (Å²) in [7, 11) is 0. The highest BCUT2D eigenvalue weighted by molar-refractivity contribution is 6.30. The number of hydrogen-bond acceptors (Lipinski definition) is 4. The van der Waals surface area contributed by atoms with Gasteiger partial charge in [0.1, 0.15) is 6.61 Å². The molecule has 0 radical (unpaired) electrons. The number of ether oxygens (including phenoxy) is 1. The summed E-state index contributed by atoms with van der Waals surface area (Å²) in [5.74, 6) is 0.183. The molecular formula is C16H11ClN2O3. The van der Waals surface area contributed by atoms with Crippen molar-refractivity contribution in [2.24, 2.45) is 0 Å². The highest BCUT2D eigenvalue weighted by Crippen LogP contribution is 2.31. The molecule has 0 saturated heterocycles. The van der Waals surface area contributed by atoms with E-state index in [9.17, 15) is 10.1 Å². The summed E-state index contributed by atoms with van der Waals surface area (Å²) < 4.78 is 5.61. The van der Waals surface area contributed by atoms with Gasteiger partial charge in [0.05, 0.1) is 10.4 Å². The Hall–Kier alpha value is -2.66. The van der Waals surface area contributed by atoms with Crippen LogP contribution in [-0.2, 0) is 6.61 Å². The molecule has 22 heavy (non-hydrogen) atoms. The van der Waals surface area contributed by atoms with Crippen molar-refractivity contribution in [1.29, 1.82) is 0 Å². The molecule has 0 atom stereocenters. The van der Waals surface area contributed by atoms with Crippen LogP contribution < -0.4 is 4.74 Å². The summed E-state index contributed by atoms with van der Waals surface area (Å²) in [5.41, 5.74) is 1.53. The maximum absolute atomic E-state index is 11.1. The van der Waals surface area contributed by atoms with E-state index in [1.165, 1.54) is 12.1 Å². The van der Waals surface area contributed by atoms with E-state index in [1.54, 1.807) is 12.3 Å². The van der Waals surface area contributed by atoms with Crippen LogP contribution in [0.5, 0.6) is 5.75 Å². The summed E-state index contributed by atoms with van der Waals surface area (Å²) in [6.45, 7) is 0.191. The van der Waals surface area contributed by atoms with Crippen LogP contribution in [0.4, 0.5) is 5.69 Å². The molecule has 0 saturated carbocycles. The predicted molar refractivity (Wildman–Crippen MR) is 84.2 cm³/mol. The summed E-state index contributed by atoms with van der Waals surface area (Å²) >= 11 is 5.79. The lowest BCUT2D eigenvalue weighted by molar-refractivity contribution is -0.385. The number of nitrogens with zero attached hydrogens (tertiary/aromatic N) is 2. The number of halogens is 1. The predicted octanol–water partition coefficient (Wildman–Crippen LogP) is 4.38. The smallest absolute Gasteiger partial charge is 0.312 e. The zero-order chi connectivity index (χ0) is 15.5. The average Bonchev–Trinajstić information content (AvgIpc) is 2.53. The van der Waals surface area contributed by atoms with Gasteiger partial charge in [0.25, 0.3) is 0 Å². The van der Waals surface area contributed by atoms with E-state index in [0.29, 0.717) is 5.02 Å². The minimum absolute atomic E-state index is 0.152. The van der Waals surface area contributed by atoms with Crippen molar-refractivity contribution < 1.29 is 9.66 Å². The van der Waals surface area contributed by atoms with Gasteiger partial charge in [-0.15, -0.1) is 0 Å². The first kappa shape index (κ1) is 14.3. The van der Waals surface area contributed by atoms with Crippen molar-refractivity contribution in [2.45, 2.75) is 6.61 Å². The molecule has 3 aromatic rings. The molecule has 110 valence electrons. The number of nitro groups is 1. The lowest BCUT2D eigenvalue weighted by atomic mass is 10.1. The second-order valence-corrected chi connectivity index (χ2v) is 5.09. The highest BCUT2D eigenvalue weighted by Gasteiger charge is 2.16. The van der Waals surface area contributed by atoms with Crippen LogP contribution in [0.25, 0.3) is 10.9 Å². The number of nitro benzene ring substituents is 1. The Labute approximate surface area is 131 Å². The Balaban J connectivity index is 1.90. The molecule has 0 fully saturated rings. The molecule has 6 heteroatoms. The summed E-state index contributed by atoms with van der Waals surface area (Å²) in [5, 5.41) is 12.3. The quantitative estimate of drug-likeness (QED) is 0.529. The monoisotopic (exact) mass is 314 g/mol. The van der Waals surface area contributed by atoms with Gasteiger partial charge in [-0.1, -0.05) is 35.9 Å². The van der Waals surface area contributed by atoms with Crippen LogP contribution in [0.1, 0.15) is 5.56 Å². The van der Waals surface area contributed by atoms with Crippen LogP contribution >= 0.6 is 11.6 Å². The molecule has 0 amide bonds. The second-order valence-electron chi connectivity index (χ2n) is 4.65. The molecule has 2 aromatic carbocycles. The zero-order valence-corrected chi connectivity index (χ0v) is 12.2. The van der Waals surface area contributed by atoms with Crippen molar-refractivity contribution in [3.63, 3.8) is 0 Å². The molecule has 0 aliphatic heterocycles. The molecule has 3 rings (SSSR count). The van der Waals surface area contributed by atoms with Gasteiger partial charge in [-0.2, -0.15) is 0 Å². The first-order valence-electron chi connectivity index (χ1n) is 6.54. The molecule has 0 spiro atoms. The fraction of sp³-hybridized carbons (Fsp3) is 0.0625. The van der Waals surface area contributed by atoms with E-state index < -0.39 is 4.92 Å². The Bertz CT molecular complexity index is 846. The molecule has 0 unspecified atom stereocenters. The molecule has 0 bridgehead atoms. The molecular weight excluding hydrogens is 304 g/mol. The van der Waals surface area contributed by atoms with Gasteiger partial charge >= 0.3 is 5.69 Å². The van der Waals surface area contributed by atoms with Gasteiger partial charge in [-0.3, -0.25) is 15.1 Å². The second kappa shape index (κ2) is 5.99. The Morgan fingerprint density at radius 2 is 2.00 bits per heavy atom. The van der Waals surface area contributed by atoms with E-state index in [-0.39, 0.29) is 18.0 Å². The topological polar surface area (TPSA) is 65.3 Å². The normalized spacial score (nSPS) is 10.6. The molecule has 0 aliphatic rings. The average molecular weight is 315 g/mol. The first-order chi connectivity index (χ1) is 10.6. The number of hydrogen-bond donors (Lipinski definition) is 0. The Morgan fingerprint density at radius 1 is 1.18 bits per heavy atom. The maximum Gasteiger partial charge on any atom is 0.312 e. The summed E-state index contributed by atoms with van der Waals surface area (Å²) in [6.07, 6.45) is 1.70. The number of rotatable bonds is 4. The lowest BCUT2D eigenvalue weighted by Gasteiger charge is -2.09. The summed E-state index contributed by atoms with van der Waals surface area (Å²) in [6, 6.07) is 13.9. The van der Waals surface area contributed by atoms with Crippen molar-refractivity contribution >= 4 is 28.2 Å². The third-order valence-corrected chi connectivity index (χ3v) is 3.45. The van der Waals surface area contributed by atoms with Gasteiger partial charge in [0, 0.05) is 28.2 Å². The van der Waals surface area contributed by atoms with E-state index in [1.807, 2.05) is 30.3 Å². The van der Waals surface area contributed by atoms with Gasteiger partial charge in [0.2, 0.25) is 0 Å². The number of pyridine rings is 1. The minimum Gasteiger partial charge on any atom is -0.482 e. The van der Waals surface area contributed by atoms with Crippen LogP contribution in [0, 0.1) is 10.1 Å². The zero-order valence-electron chi connectivity index (χ0n) is 11.4. The Kier molecular flexibility index (Phi) is 3.89. The van der Waals surface area contributed by atoms with Gasteiger partial charge in [0.15, 0.2) is 5.75 Å². The van der Waals surface area contributed by atoms with Gasteiger partial charge in [-0.25, -0.2) is 0 Å². The van der Waals surface area contributed by atoms with Crippen molar-refractivity contribution in [1.82, 2.24) is 4.98 Å². The minimum atomic E-state index is -0.511. The van der Waals surface area contributed by atoms with Gasteiger partial charge in [-0.05, 0) is 18.2 Å². The molecule has 0 N–H and O–H groups in total.